The van der Waals surface area contributed by atoms with Crippen LogP contribution in [0.15, 0.2) is 6.07 Å². The lowest BCUT2D eigenvalue weighted by Crippen LogP contribution is -2.31. The molecule has 1 heterocycles. The van der Waals surface area contributed by atoms with Crippen LogP contribution < -0.4 is 0 Å². The highest BCUT2D eigenvalue weighted by Gasteiger charge is 2.18. The molecule has 0 aliphatic carbocycles. The van der Waals surface area contributed by atoms with Crippen molar-refractivity contribution in [2.45, 2.75) is 20.3 Å². The molecule has 17 heavy (non-hydrogen) atoms. The third kappa shape index (κ3) is 3.82. The summed E-state index contributed by atoms with van der Waals surface area (Å²) >= 11 is 11.5. The Balaban J connectivity index is 2.85. The molecule has 1 aromatic rings. The maximum absolute atomic E-state index is 12.1. The summed E-state index contributed by atoms with van der Waals surface area (Å²) in [5.41, 5.74) is 0.289. The molecule has 0 aromatic carbocycles. The predicted molar refractivity (Wildman–Crippen MR) is 68.5 cm³/mol. The molecule has 4 nitrogen and oxygen atoms in total. The topological polar surface area (TPSA) is 46.1 Å². The molecule has 1 atom stereocenters. The van der Waals surface area contributed by atoms with Crippen molar-refractivity contribution < 1.29 is 4.79 Å². The standard InChI is InChI=1S/C11H15Cl2N3O/c1-4-7(2)6-16(3)11(17)8-5-9(12)14-15-10(8)13/h5,7H,4,6H2,1-3H3. The first-order valence-electron chi connectivity index (χ1n) is 5.39. The van der Waals surface area contributed by atoms with Gasteiger partial charge in [0, 0.05) is 13.6 Å². The van der Waals surface area contributed by atoms with Gasteiger partial charge in [-0.3, -0.25) is 4.79 Å². The summed E-state index contributed by atoms with van der Waals surface area (Å²) < 4.78 is 0. The van der Waals surface area contributed by atoms with E-state index in [2.05, 4.69) is 24.0 Å². The van der Waals surface area contributed by atoms with Crippen molar-refractivity contribution in [3.63, 3.8) is 0 Å². The summed E-state index contributed by atoms with van der Waals surface area (Å²) in [6, 6.07) is 1.44. The van der Waals surface area contributed by atoms with Crippen LogP contribution in [0.25, 0.3) is 0 Å². The van der Waals surface area contributed by atoms with Gasteiger partial charge in [-0.2, -0.15) is 0 Å². The molecule has 1 amide bonds. The Labute approximate surface area is 111 Å². The molecule has 0 N–H and O–H groups in total. The molecule has 1 unspecified atom stereocenters. The van der Waals surface area contributed by atoms with Gasteiger partial charge >= 0.3 is 0 Å². The van der Waals surface area contributed by atoms with E-state index in [0.29, 0.717) is 12.5 Å². The normalized spacial score (nSPS) is 12.3. The Bertz CT molecular complexity index is 412. The van der Waals surface area contributed by atoms with Gasteiger partial charge in [0.15, 0.2) is 10.3 Å². The molecule has 0 bridgehead atoms. The Kier molecular flexibility index (Phi) is 5.15. The molecule has 0 fully saturated rings. The Hall–Kier alpha value is -0.870. The molecule has 0 radical (unpaired) electrons. The molecule has 6 heteroatoms. The second-order valence-corrected chi connectivity index (χ2v) is 4.82. The largest absolute Gasteiger partial charge is 0.341 e. The van der Waals surface area contributed by atoms with Crippen LogP contribution in [0.4, 0.5) is 0 Å². The van der Waals surface area contributed by atoms with Crippen LogP contribution in [0.3, 0.4) is 0 Å². The number of hydrogen-bond donors (Lipinski definition) is 0. The second-order valence-electron chi connectivity index (χ2n) is 4.07. The average Bonchev–Trinajstić information content (AvgIpc) is 2.31. The number of rotatable bonds is 4. The first kappa shape index (κ1) is 14.2. The molecule has 0 saturated heterocycles. The number of aromatic nitrogens is 2. The summed E-state index contributed by atoms with van der Waals surface area (Å²) in [6.07, 6.45) is 1.01. The van der Waals surface area contributed by atoms with E-state index in [1.54, 1.807) is 11.9 Å². The summed E-state index contributed by atoms with van der Waals surface area (Å²) in [4.78, 5) is 13.7. The second kappa shape index (κ2) is 6.17. The number of carbonyl (C=O) groups excluding carboxylic acids is 1. The highest BCUT2D eigenvalue weighted by atomic mass is 35.5. The van der Waals surface area contributed by atoms with E-state index >= 15 is 0 Å². The smallest absolute Gasteiger partial charge is 0.256 e. The van der Waals surface area contributed by atoms with Gasteiger partial charge in [-0.15, -0.1) is 10.2 Å². The van der Waals surface area contributed by atoms with Gasteiger partial charge in [-0.05, 0) is 12.0 Å². The van der Waals surface area contributed by atoms with Gasteiger partial charge in [0.2, 0.25) is 0 Å². The van der Waals surface area contributed by atoms with E-state index in [1.807, 2.05) is 0 Å². The lowest BCUT2D eigenvalue weighted by atomic mass is 10.1. The zero-order valence-electron chi connectivity index (χ0n) is 10.1. The van der Waals surface area contributed by atoms with Crippen molar-refractivity contribution in [3.8, 4) is 0 Å². The Morgan fingerprint density at radius 2 is 2.12 bits per heavy atom. The quantitative estimate of drug-likeness (QED) is 0.849. The summed E-state index contributed by atoms with van der Waals surface area (Å²) in [7, 11) is 1.74. The maximum Gasteiger partial charge on any atom is 0.256 e. The summed E-state index contributed by atoms with van der Waals surface area (Å²) in [5, 5.41) is 7.43. The highest BCUT2D eigenvalue weighted by Crippen LogP contribution is 2.17. The van der Waals surface area contributed by atoms with Crippen LogP contribution in [-0.4, -0.2) is 34.6 Å². The Morgan fingerprint density at radius 1 is 1.47 bits per heavy atom. The maximum atomic E-state index is 12.1. The molecule has 0 aliphatic rings. The molecular weight excluding hydrogens is 261 g/mol. The van der Waals surface area contributed by atoms with Gasteiger partial charge < -0.3 is 4.90 Å². The number of amides is 1. The first-order valence-corrected chi connectivity index (χ1v) is 6.15. The van der Waals surface area contributed by atoms with Crippen LogP contribution in [-0.2, 0) is 0 Å². The van der Waals surface area contributed by atoms with Gasteiger partial charge in [-0.25, -0.2) is 0 Å². The molecule has 0 spiro atoms. The van der Waals surface area contributed by atoms with Gasteiger partial charge in [-0.1, -0.05) is 43.5 Å². The minimum absolute atomic E-state index is 0.0791. The van der Waals surface area contributed by atoms with Crippen LogP contribution in [0.1, 0.15) is 30.6 Å². The first-order chi connectivity index (χ1) is 7.95. The lowest BCUT2D eigenvalue weighted by molar-refractivity contribution is 0.0774. The number of hydrogen-bond acceptors (Lipinski definition) is 3. The minimum Gasteiger partial charge on any atom is -0.341 e. The van der Waals surface area contributed by atoms with Crippen LogP contribution in [0.5, 0.6) is 0 Å². The molecule has 1 rings (SSSR count). The van der Waals surface area contributed by atoms with Crippen LogP contribution in [0.2, 0.25) is 10.3 Å². The van der Waals surface area contributed by atoms with E-state index in [-0.39, 0.29) is 21.8 Å². The van der Waals surface area contributed by atoms with E-state index in [9.17, 15) is 4.79 Å². The Morgan fingerprint density at radius 3 is 2.71 bits per heavy atom. The lowest BCUT2D eigenvalue weighted by Gasteiger charge is -2.21. The SMILES string of the molecule is CCC(C)CN(C)C(=O)c1cc(Cl)nnc1Cl. The zero-order valence-corrected chi connectivity index (χ0v) is 11.6. The molecular formula is C11H15Cl2N3O. The summed E-state index contributed by atoms with van der Waals surface area (Å²) in [5.74, 6) is 0.250. The third-order valence-corrected chi connectivity index (χ3v) is 3.04. The van der Waals surface area contributed by atoms with E-state index in [4.69, 9.17) is 23.2 Å². The van der Waals surface area contributed by atoms with Gasteiger partial charge in [0.25, 0.3) is 5.91 Å². The van der Waals surface area contributed by atoms with Crippen molar-refractivity contribution in [2.24, 2.45) is 5.92 Å². The average molecular weight is 276 g/mol. The van der Waals surface area contributed by atoms with Crippen molar-refractivity contribution in [3.05, 3.63) is 21.9 Å². The van der Waals surface area contributed by atoms with Gasteiger partial charge in [0.1, 0.15) is 0 Å². The molecule has 94 valence electrons. The van der Waals surface area contributed by atoms with Crippen molar-refractivity contribution in [1.82, 2.24) is 15.1 Å². The highest BCUT2D eigenvalue weighted by molar-refractivity contribution is 6.34. The zero-order chi connectivity index (χ0) is 13.0. The number of nitrogens with zero attached hydrogens (tertiary/aromatic N) is 3. The van der Waals surface area contributed by atoms with Crippen molar-refractivity contribution in [2.75, 3.05) is 13.6 Å². The van der Waals surface area contributed by atoms with E-state index < -0.39 is 0 Å². The van der Waals surface area contributed by atoms with Crippen molar-refractivity contribution in [1.29, 1.82) is 0 Å². The fourth-order valence-electron chi connectivity index (χ4n) is 1.39. The molecule has 0 aliphatic heterocycles. The monoisotopic (exact) mass is 275 g/mol. The third-order valence-electron chi connectivity index (χ3n) is 2.58. The van der Waals surface area contributed by atoms with Crippen LogP contribution in [0, 0.1) is 5.92 Å². The van der Waals surface area contributed by atoms with Gasteiger partial charge in [0.05, 0.1) is 5.56 Å². The number of halogens is 2. The fourth-order valence-corrected chi connectivity index (χ4v) is 1.71. The van der Waals surface area contributed by atoms with Crippen molar-refractivity contribution >= 4 is 29.1 Å². The van der Waals surface area contributed by atoms with E-state index in [0.717, 1.165) is 6.42 Å². The molecule has 1 aromatic heterocycles. The van der Waals surface area contributed by atoms with E-state index in [1.165, 1.54) is 6.07 Å². The summed E-state index contributed by atoms with van der Waals surface area (Å²) in [6.45, 7) is 4.84. The predicted octanol–water partition coefficient (Wildman–Crippen LogP) is 2.90. The minimum atomic E-state index is -0.188. The van der Waals surface area contributed by atoms with Crippen LogP contribution >= 0.6 is 23.2 Å². The molecule has 0 saturated carbocycles. The fraction of sp³-hybridized carbons (Fsp3) is 0.545. The number of carbonyl (C=O) groups is 1.